The fourth-order valence-electron chi connectivity index (χ4n) is 3.86. The number of halogens is 3. The molecule has 2 heterocycles. The summed E-state index contributed by atoms with van der Waals surface area (Å²) >= 11 is 0. The van der Waals surface area contributed by atoms with Crippen molar-refractivity contribution in [3.05, 3.63) is 78.1 Å². The maximum Gasteiger partial charge on any atom is 0.416 e. The molecule has 1 N–H and O–H groups in total. The Labute approximate surface area is 222 Å². The highest BCUT2D eigenvalue weighted by molar-refractivity contribution is 5.93. The number of nitrogens with one attached hydrogen (secondary N) is 1. The van der Waals surface area contributed by atoms with Gasteiger partial charge in [0.2, 0.25) is 0 Å². The summed E-state index contributed by atoms with van der Waals surface area (Å²) in [6.07, 6.45) is -2.90. The maximum absolute atomic E-state index is 12.7. The summed E-state index contributed by atoms with van der Waals surface area (Å²) in [6.45, 7) is 2.71. The largest absolute Gasteiger partial charge is 0.489 e. The van der Waals surface area contributed by atoms with Gasteiger partial charge in [-0.2, -0.15) is 13.2 Å². The van der Waals surface area contributed by atoms with Gasteiger partial charge in [-0.1, -0.05) is 12.1 Å². The molecule has 8 nitrogen and oxygen atoms in total. The van der Waals surface area contributed by atoms with Crippen LogP contribution in [0.1, 0.15) is 11.1 Å². The number of aromatic nitrogens is 2. The third kappa shape index (κ3) is 7.06. The second kappa shape index (κ2) is 12.2. The van der Waals surface area contributed by atoms with Crippen molar-refractivity contribution in [2.24, 2.45) is 0 Å². The van der Waals surface area contributed by atoms with Crippen LogP contribution in [0.3, 0.4) is 0 Å². The second-order valence-corrected chi connectivity index (χ2v) is 8.59. The highest BCUT2D eigenvalue weighted by Crippen LogP contribution is 2.35. The van der Waals surface area contributed by atoms with E-state index in [9.17, 15) is 13.2 Å². The molecule has 0 atom stereocenters. The summed E-state index contributed by atoms with van der Waals surface area (Å²) in [4.78, 5) is 8.78. The van der Waals surface area contributed by atoms with Gasteiger partial charge >= 0.3 is 6.18 Å². The first-order valence-electron chi connectivity index (χ1n) is 12.3. The molecule has 0 spiro atoms. The first-order valence-corrected chi connectivity index (χ1v) is 12.3. The number of nitrogens with zero attached hydrogens (tertiary/aromatic N) is 2. The van der Waals surface area contributed by atoms with Gasteiger partial charge < -0.3 is 29.0 Å². The van der Waals surface area contributed by atoms with Gasteiger partial charge in [-0.15, -0.1) is 0 Å². The molecule has 39 heavy (non-hydrogen) atoms. The van der Waals surface area contributed by atoms with Crippen LogP contribution in [0, 0.1) is 0 Å². The van der Waals surface area contributed by atoms with Crippen LogP contribution in [0.2, 0.25) is 0 Å². The SMILES string of the molecule is FC(F)(F)c1ccc(COc2ccc(Nc3ncnc4cc5c(cc34)OCCOCCOCCO5)cc2)cc1. The molecule has 0 saturated carbocycles. The van der Waals surface area contributed by atoms with Crippen LogP contribution in [0.4, 0.5) is 24.7 Å². The fourth-order valence-corrected chi connectivity index (χ4v) is 3.86. The zero-order valence-electron chi connectivity index (χ0n) is 20.9. The lowest BCUT2D eigenvalue weighted by Gasteiger charge is -2.16. The van der Waals surface area contributed by atoms with Gasteiger partial charge in [0.1, 0.15) is 37.7 Å². The Kier molecular flexibility index (Phi) is 8.28. The number of fused-ring (bicyclic) bond motifs is 2. The second-order valence-electron chi connectivity index (χ2n) is 8.59. The molecule has 0 bridgehead atoms. The van der Waals surface area contributed by atoms with Crippen molar-refractivity contribution < 1.29 is 36.9 Å². The Balaban J connectivity index is 1.27. The van der Waals surface area contributed by atoms with E-state index in [0.29, 0.717) is 73.8 Å². The van der Waals surface area contributed by atoms with Crippen LogP contribution in [0.25, 0.3) is 10.9 Å². The molecule has 0 saturated heterocycles. The average molecular weight is 542 g/mol. The van der Waals surface area contributed by atoms with Crippen LogP contribution in [0.5, 0.6) is 17.2 Å². The molecule has 0 radical (unpaired) electrons. The van der Waals surface area contributed by atoms with Crippen LogP contribution in [-0.2, 0) is 22.3 Å². The van der Waals surface area contributed by atoms with Gasteiger partial charge in [-0.05, 0) is 48.0 Å². The van der Waals surface area contributed by atoms with Crippen molar-refractivity contribution in [1.82, 2.24) is 9.97 Å². The number of hydrogen-bond donors (Lipinski definition) is 1. The lowest BCUT2D eigenvalue weighted by atomic mass is 10.1. The van der Waals surface area contributed by atoms with Gasteiger partial charge in [0.05, 0.1) is 37.5 Å². The van der Waals surface area contributed by atoms with Gasteiger partial charge in [0.25, 0.3) is 0 Å². The van der Waals surface area contributed by atoms with Crippen LogP contribution in [0.15, 0.2) is 67.0 Å². The van der Waals surface area contributed by atoms with Gasteiger partial charge in [-0.25, -0.2) is 9.97 Å². The van der Waals surface area contributed by atoms with E-state index in [2.05, 4.69) is 15.3 Å². The highest BCUT2D eigenvalue weighted by atomic mass is 19.4. The van der Waals surface area contributed by atoms with E-state index >= 15 is 0 Å². The molecule has 11 heteroatoms. The van der Waals surface area contributed by atoms with E-state index < -0.39 is 11.7 Å². The Bertz CT molecular complexity index is 1380. The predicted octanol–water partition coefficient (Wildman–Crippen LogP) is 5.78. The van der Waals surface area contributed by atoms with Crippen molar-refractivity contribution in [3.8, 4) is 17.2 Å². The number of benzene rings is 3. The number of anilines is 2. The molecule has 1 aliphatic heterocycles. The minimum absolute atomic E-state index is 0.145. The summed E-state index contributed by atoms with van der Waals surface area (Å²) in [5, 5.41) is 4.03. The standard InChI is InChI=1S/C28H26F3N3O5/c29-28(30,31)20-3-1-19(2-4-20)17-39-22-7-5-21(6-8-22)34-27-23-15-25-26(16-24(23)32-18-33-27)38-14-12-36-10-9-35-11-13-37-25/h1-8,15-16,18H,9-14,17H2,(H,32,33,34). The van der Waals surface area contributed by atoms with Crippen molar-refractivity contribution in [3.63, 3.8) is 0 Å². The molecule has 1 aliphatic rings. The number of rotatable bonds is 5. The van der Waals surface area contributed by atoms with Crippen LogP contribution < -0.4 is 19.5 Å². The molecule has 0 amide bonds. The van der Waals surface area contributed by atoms with Crippen molar-refractivity contribution >= 4 is 22.4 Å². The fraction of sp³-hybridized carbons (Fsp3) is 0.286. The normalized spacial score (nSPS) is 14.7. The molecule has 4 aromatic rings. The number of ether oxygens (including phenoxy) is 5. The Hall–Kier alpha value is -4.09. The van der Waals surface area contributed by atoms with E-state index in [-0.39, 0.29) is 6.61 Å². The Morgan fingerprint density at radius 3 is 2.08 bits per heavy atom. The topological polar surface area (TPSA) is 84.0 Å². The van der Waals surface area contributed by atoms with Crippen LogP contribution in [-0.4, -0.2) is 49.6 Å². The molecular weight excluding hydrogens is 515 g/mol. The van der Waals surface area contributed by atoms with Crippen molar-refractivity contribution in [2.75, 3.05) is 45.0 Å². The molecule has 0 fully saturated rings. The van der Waals surface area contributed by atoms with Gasteiger partial charge in [0.15, 0.2) is 11.5 Å². The minimum Gasteiger partial charge on any atom is -0.489 e. The van der Waals surface area contributed by atoms with E-state index in [4.69, 9.17) is 23.7 Å². The highest BCUT2D eigenvalue weighted by Gasteiger charge is 2.29. The average Bonchev–Trinajstić information content (AvgIpc) is 2.92. The maximum atomic E-state index is 12.7. The third-order valence-corrected chi connectivity index (χ3v) is 5.85. The number of alkyl halides is 3. The number of hydrogen-bond acceptors (Lipinski definition) is 8. The van der Waals surface area contributed by atoms with E-state index in [0.717, 1.165) is 23.2 Å². The first kappa shape index (κ1) is 26.5. The van der Waals surface area contributed by atoms with E-state index in [1.165, 1.54) is 18.5 Å². The monoisotopic (exact) mass is 541 g/mol. The molecule has 204 valence electrons. The Morgan fingerprint density at radius 1 is 0.769 bits per heavy atom. The smallest absolute Gasteiger partial charge is 0.416 e. The summed E-state index contributed by atoms with van der Waals surface area (Å²) < 4.78 is 66.8. The van der Waals surface area contributed by atoms with E-state index in [1.807, 2.05) is 24.3 Å². The Morgan fingerprint density at radius 2 is 1.41 bits per heavy atom. The molecule has 0 aliphatic carbocycles. The zero-order chi connectivity index (χ0) is 27.1. The molecule has 3 aromatic carbocycles. The third-order valence-electron chi connectivity index (χ3n) is 5.85. The van der Waals surface area contributed by atoms with Gasteiger partial charge in [-0.3, -0.25) is 0 Å². The van der Waals surface area contributed by atoms with Crippen molar-refractivity contribution in [1.29, 1.82) is 0 Å². The lowest BCUT2D eigenvalue weighted by Crippen LogP contribution is -2.15. The van der Waals surface area contributed by atoms with E-state index in [1.54, 1.807) is 12.1 Å². The van der Waals surface area contributed by atoms with Crippen LogP contribution >= 0.6 is 0 Å². The molecule has 5 rings (SSSR count). The first-order chi connectivity index (χ1) is 19.0. The summed E-state index contributed by atoms with van der Waals surface area (Å²) in [7, 11) is 0. The van der Waals surface area contributed by atoms with Crippen molar-refractivity contribution in [2.45, 2.75) is 12.8 Å². The minimum atomic E-state index is -4.36. The molecule has 1 aromatic heterocycles. The molecular formula is C28H26F3N3O5. The summed E-state index contributed by atoms with van der Waals surface area (Å²) in [5.41, 5.74) is 1.38. The zero-order valence-corrected chi connectivity index (χ0v) is 20.9. The predicted molar refractivity (Wildman–Crippen MR) is 138 cm³/mol. The summed E-state index contributed by atoms with van der Waals surface area (Å²) in [6, 6.07) is 15.7. The lowest BCUT2D eigenvalue weighted by molar-refractivity contribution is -0.137. The molecule has 0 unspecified atom stereocenters. The summed E-state index contributed by atoms with van der Waals surface area (Å²) in [5.74, 6) is 2.27. The quantitative estimate of drug-likeness (QED) is 0.341. The van der Waals surface area contributed by atoms with Gasteiger partial charge in [0, 0.05) is 17.1 Å².